The van der Waals surface area contributed by atoms with Crippen LogP contribution in [0, 0.1) is 6.92 Å². The van der Waals surface area contributed by atoms with Gasteiger partial charge in [-0.3, -0.25) is 4.79 Å². The van der Waals surface area contributed by atoms with Crippen molar-refractivity contribution in [3.63, 3.8) is 0 Å². The largest absolute Gasteiger partial charge is 0.469 e. The fraction of sp³-hybridized carbons (Fsp3) is 0.643. The molecule has 1 amide bonds. The number of halogens is 3. The highest BCUT2D eigenvalue weighted by atomic mass is 19.4. The van der Waals surface area contributed by atoms with Crippen LogP contribution in [0.3, 0.4) is 0 Å². The quantitative estimate of drug-likeness (QED) is 0.929. The Labute approximate surface area is 120 Å². The van der Waals surface area contributed by atoms with Crippen LogP contribution >= 0.6 is 0 Å². The molecule has 1 saturated carbocycles. The summed E-state index contributed by atoms with van der Waals surface area (Å²) in [5.41, 5.74) is 0.452. The number of furan rings is 1. The van der Waals surface area contributed by atoms with E-state index in [1.54, 1.807) is 13.0 Å². The van der Waals surface area contributed by atoms with Crippen molar-refractivity contribution in [2.45, 2.75) is 50.9 Å². The minimum atomic E-state index is -4.32. The number of carbonyl (C=O) groups is 1. The summed E-state index contributed by atoms with van der Waals surface area (Å²) in [7, 11) is 0. The van der Waals surface area contributed by atoms with Crippen LogP contribution in [0.4, 0.5) is 13.2 Å². The molecule has 2 atom stereocenters. The molecular weight excluding hydrogens is 287 g/mol. The fourth-order valence-corrected chi connectivity index (χ4v) is 2.52. The summed E-state index contributed by atoms with van der Waals surface area (Å²) in [5, 5.41) is 2.83. The third-order valence-corrected chi connectivity index (χ3v) is 3.55. The van der Waals surface area contributed by atoms with Crippen molar-refractivity contribution < 1.29 is 27.1 Å². The molecule has 2 rings (SSSR count). The Balaban J connectivity index is 1.84. The lowest BCUT2D eigenvalue weighted by molar-refractivity contribution is -0.188. The molecule has 21 heavy (non-hydrogen) atoms. The summed E-state index contributed by atoms with van der Waals surface area (Å²) in [6, 6.07) is 1.41. The molecule has 0 saturated heterocycles. The Morgan fingerprint density at radius 3 is 2.86 bits per heavy atom. The number of nitrogens with one attached hydrogen (secondary N) is 1. The summed E-state index contributed by atoms with van der Waals surface area (Å²) < 4.78 is 46.4. The standard InChI is InChI=1S/C14H18F3NO3/c1-9-12(5-6-20-9)13(19)18-10-3-2-4-11(7-10)21-8-14(15,16)17/h5-6,10-11H,2-4,7-8H2,1H3,(H,18,19)/t10-,11-/m1/s1. The molecule has 1 aliphatic carbocycles. The lowest BCUT2D eigenvalue weighted by atomic mass is 9.92. The van der Waals surface area contributed by atoms with Crippen LogP contribution in [0.25, 0.3) is 0 Å². The molecule has 0 unspecified atom stereocenters. The number of ether oxygens (including phenoxy) is 1. The van der Waals surface area contributed by atoms with Gasteiger partial charge in [0.2, 0.25) is 0 Å². The van der Waals surface area contributed by atoms with E-state index in [1.165, 1.54) is 6.26 Å². The van der Waals surface area contributed by atoms with Crippen molar-refractivity contribution in [2.24, 2.45) is 0 Å². The summed E-state index contributed by atoms with van der Waals surface area (Å²) in [6.07, 6.45) is -0.876. The van der Waals surface area contributed by atoms with E-state index in [1.807, 2.05) is 0 Å². The van der Waals surface area contributed by atoms with Crippen LogP contribution < -0.4 is 5.32 Å². The highest BCUT2D eigenvalue weighted by Gasteiger charge is 2.31. The molecule has 0 bridgehead atoms. The number of amides is 1. The van der Waals surface area contributed by atoms with Gasteiger partial charge in [0.1, 0.15) is 12.4 Å². The van der Waals surface area contributed by atoms with Crippen LogP contribution in [0.5, 0.6) is 0 Å². The van der Waals surface area contributed by atoms with Gasteiger partial charge in [-0.15, -0.1) is 0 Å². The molecule has 0 aliphatic heterocycles. The first-order chi connectivity index (χ1) is 9.85. The van der Waals surface area contributed by atoms with Gasteiger partial charge in [-0.2, -0.15) is 13.2 Å². The minimum absolute atomic E-state index is 0.168. The van der Waals surface area contributed by atoms with Crippen LogP contribution in [-0.4, -0.2) is 30.8 Å². The second-order valence-electron chi connectivity index (χ2n) is 5.28. The van der Waals surface area contributed by atoms with Gasteiger partial charge in [0.15, 0.2) is 0 Å². The summed E-state index contributed by atoms with van der Waals surface area (Å²) in [5.74, 6) is 0.260. The van der Waals surface area contributed by atoms with E-state index < -0.39 is 18.9 Å². The number of carbonyl (C=O) groups excluding carboxylic acids is 1. The first-order valence-corrected chi connectivity index (χ1v) is 6.88. The van der Waals surface area contributed by atoms with Crippen LogP contribution in [0.1, 0.15) is 41.8 Å². The third-order valence-electron chi connectivity index (χ3n) is 3.55. The molecule has 1 aliphatic rings. The molecule has 7 heteroatoms. The number of alkyl halides is 3. The van der Waals surface area contributed by atoms with Crippen molar-refractivity contribution in [1.82, 2.24) is 5.32 Å². The van der Waals surface area contributed by atoms with Crippen LogP contribution in [-0.2, 0) is 4.74 Å². The molecule has 1 fully saturated rings. The summed E-state index contributed by atoms with van der Waals surface area (Å²) >= 11 is 0. The van der Waals surface area contributed by atoms with Gasteiger partial charge < -0.3 is 14.5 Å². The second-order valence-corrected chi connectivity index (χ2v) is 5.28. The maximum atomic E-state index is 12.1. The Kier molecular flexibility index (Phi) is 4.92. The van der Waals surface area contributed by atoms with E-state index in [0.29, 0.717) is 24.2 Å². The minimum Gasteiger partial charge on any atom is -0.469 e. The first kappa shape index (κ1) is 15.9. The van der Waals surface area contributed by atoms with Crippen LogP contribution in [0.2, 0.25) is 0 Å². The topological polar surface area (TPSA) is 51.5 Å². The van der Waals surface area contributed by atoms with E-state index in [4.69, 9.17) is 9.15 Å². The first-order valence-electron chi connectivity index (χ1n) is 6.88. The molecule has 1 N–H and O–H groups in total. The monoisotopic (exact) mass is 305 g/mol. The van der Waals surface area contributed by atoms with Crippen molar-refractivity contribution in [3.8, 4) is 0 Å². The number of aryl methyl sites for hydroxylation is 1. The Bertz CT molecular complexity index is 484. The molecule has 0 aromatic carbocycles. The zero-order chi connectivity index (χ0) is 15.5. The van der Waals surface area contributed by atoms with E-state index in [-0.39, 0.29) is 11.9 Å². The second kappa shape index (κ2) is 6.51. The average Bonchev–Trinajstić information content (AvgIpc) is 2.82. The lowest BCUT2D eigenvalue weighted by Crippen LogP contribution is -2.41. The molecule has 1 heterocycles. The predicted octanol–water partition coefficient (Wildman–Crippen LogP) is 3.21. The number of rotatable bonds is 4. The van der Waals surface area contributed by atoms with Gasteiger partial charge in [0.25, 0.3) is 5.91 Å². The summed E-state index contributed by atoms with van der Waals surface area (Å²) in [6.45, 7) is 0.449. The normalized spacial score (nSPS) is 23.0. The average molecular weight is 305 g/mol. The van der Waals surface area contributed by atoms with Gasteiger partial charge in [-0.05, 0) is 38.7 Å². The SMILES string of the molecule is Cc1occc1C(=O)N[C@@H]1CCC[C@@H](OCC(F)(F)F)C1. The molecule has 1 aromatic heterocycles. The van der Waals surface area contributed by atoms with Crippen molar-refractivity contribution >= 4 is 5.91 Å². The van der Waals surface area contributed by atoms with Gasteiger partial charge in [0.05, 0.1) is 17.9 Å². The van der Waals surface area contributed by atoms with E-state index in [0.717, 1.165) is 12.8 Å². The fourth-order valence-electron chi connectivity index (χ4n) is 2.52. The Morgan fingerprint density at radius 2 is 2.24 bits per heavy atom. The summed E-state index contributed by atoms with van der Waals surface area (Å²) in [4.78, 5) is 12.0. The lowest BCUT2D eigenvalue weighted by Gasteiger charge is -2.30. The van der Waals surface area contributed by atoms with Crippen molar-refractivity contribution in [3.05, 3.63) is 23.7 Å². The third kappa shape index (κ3) is 4.77. The number of hydrogen-bond donors (Lipinski definition) is 1. The smallest absolute Gasteiger partial charge is 0.411 e. The zero-order valence-electron chi connectivity index (χ0n) is 11.7. The van der Waals surface area contributed by atoms with Gasteiger partial charge >= 0.3 is 6.18 Å². The van der Waals surface area contributed by atoms with E-state index in [2.05, 4.69) is 5.32 Å². The van der Waals surface area contributed by atoms with Crippen molar-refractivity contribution in [2.75, 3.05) is 6.61 Å². The van der Waals surface area contributed by atoms with E-state index >= 15 is 0 Å². The highest BCUT2D eigenvalue weighted by Crippen LogP contribution is 2.24. The van der Waals surface area contributed by atoms with Crippen molar-refractivity contribution in [1.29, 1.82) is 0 Å². The number of hydrogen-bond acceptors (Lipinski definition) is 3. The maximum absolute atomic E-state index is 12.1. The predicted molar refractivity (Wildman–Crippen MR) is 69.0 cm³/mol. The van der Waals surface area contributed by atoms with Gasteiger partial charge in [0, 0.05) is 6.04 Å². The molecule has 1 aromatic rings. The Morgan fingerprint density at radius 1 is 1.48 bits per heavy atom. The Hall–Kier alpha value is -1.50. The molecular formula is C14H18F3NO3. The molecule has 0 spiro atoms. The van der Waals surface area contributed by atoms with Crippen LogP contribution in [0.15, 0.2) is 16.7 Å². The molecule has 118 valence electrons. The van der Waals surface area contributed by atoms with Gasteiger partial charge in [-0.1, -0.05) is 0 Å². The zero-order valence-corrected chi connectivity index (χ0v) is 11.7. The highest BCUT2D eigenvalue weighted by molar-refractivity contribution is 5.95. The molecule has 4 nitrogen and oxygen atoms in total. The maximum Gasteiger partial charge on any atom is 0.411 e. The van der Waals surface area contributed by atoms with Gasteiger partial charge in [-0.25, -0.2) is 0 Å². The molecule has 0 radical (unpaired) electrons. The van der Waals surface area contributed by atoms with E-state index in [9.17, 15) is 18.0 Å².